The number of rotatable bonds is 6. The van der Waals surface area contributed by atoms with Crippen LogP contribution >= 0.6 is 0 Å². The van der Waals surface area contributed by atoms with E-state index in [1.165, 1.54) is 0 Å². The summed E-state index contributed by atoms with van der Waals surface area (Å²) in [6.07, 6.45) is 6.64. The molecule has 0 saturated carbocycles. The summed E-state index contributed by atoms with van der Waals surface area (Å²) in [6, 6.07) is 8.00. The highest BCUT2D eigenvalue weighted by molar-refractivity contribution is 5.79. The molecule has 1 fully saturated rings. The van der Waals surface area contributed by atoms with Crippen LogP contribution in [0.2, 0.25) is 0 Å². The Bertz CT molecular complexity index is 716. The average Bonchev–Trinajstić information content (AvgIpc) is 2.69. The molecule has 1 amide bonds. The van der Waals surface area contributed by atoms with Gasteiger partial charge in [0.2, 0.25) is 5.91 Å². The van der Waals surface area contributed by atoms with Crippen molar-refractivity contribution in [2.24, 2.45) is 0 Å². The van der Waals surface area contributed by atoms with Gasteiger partial charge in [-0.15, -0.1) is 0 Å². The van der Waals surface area contributed by atoms with Gasteiger partial charge in [-0.1, -0.05) is 19.1 Å². The fourth-order valence-corrected chi connectivity index (χ4v) is 3.03. The van der Waals surface area contributed by atoms with Crippen LogP contribution in [0.3, 0.4) is 0 Å². The monoisotopic (exact) mass is 355 g/mol. The molecule has 2 aromatic rings. The maximum absolute atomic E-state index is 12.6. The van der Waals surface area contributed by atoms with Crippen molar-refractivity contribution in [3.05, 3.63) is 47.8 Å². The second-order valence-electron chi connectivity index (χ2n) is 6.47. The summed E-state index contributed by atoms with van der Waals surface area (Å²) < 4.78 is 11.0. The number of carbonyl (C=O) groups is 1. The Hall–Kier alpha value is -2.63. The minimum atomic E-state index is -0.0592. The van der Waals surface area contributed by atoms with E-state index in [0.29, 0.717) is 19.0 Å². The first-order chi connectivity index (χ1) is 12.7. The second kappa shape index (κ2) is 8.65. The summed E-state index contributed by atoms with van der Waals surface area (Å²) in [5.74, 6) is 0.910. The molecule has 0 spiro atoms. The van der Waals surface area contributed by atoms with Crippen molar-refractivity contribution in [1.29, 1.82) is 0 Å². The molecule has 1 aromatic carbocycles. The third-order valence-corrected chi connectivity index (χ3v) is 4.61. The molecule has 1 unspecified atom stereocenters. The van der Waals surface area contributed by atoms with Crippen LogP contribution in [0.25, 0.3) is 0 Å². The zero-order valence-corrected chi connectivity index (χ0v) is 15.4. The molecule has 0 bridgehead atoms. The largest absolute Gasteiger partial charge is 0.497 e. The van der Waals surface area contributed by atoms with Crippen LogP contribution in [0.15, 0.2) is 36.7 Å². The Labute approximate surface area is 154 Å². The molecule has 138 valence electrons. The number of amides is 1. The molecule has 1 atom stereocenters. The molecule has 3 rings (SSSR count). The maximum atomic E-state index is 12.6. The molecule has 0 radical (unpaired) electrons. The number of aromatic nitrogens is 2. The lowest BCUT2D eigenvalue weighted by molar-refractivity contribution is -0.133. The van der Waals surface area contributed by atoms with Crippen LogP contribution in [0.1, 0.15) is 30.9 Å². The zero-order chi connectivity index (χ0) is 18.4. The Morgan fingerprint density at radius 3 is 2.58 bits per heavy atom. The molecular formula is C20H25N3O3. The SMILES string of the molecule is CCc1cnc(OC2CCCN(C(=O)Cc3ccc(OC)cc3)C2)nc1. The molecule has 1 saturated heterocycles. The predicted octanol–water partition coefficient (Wildman–Crippen LogP) is 2.66. The number of hydrogen-bond donors (Lipinski definition) is 0. The topological polar surface area (TPSA) is 64.5 Å². The molecule has 0 N–H and O–H groups in total. The third-order valence-electron chi connectivity index (χ3n) is 4.61. The molecule has 1 aromatic heterocycles. The van der Waals surface area contributed by atoms with Crippen LogP contribution in [-0.4, -0.2) is 47.1 Å². The van der Waals surface area contributed by atoms with E-state index < -0.39 is 0 Å². The second-order valence-corrected chi connectivity index (χ2v) is 6.47. The number of piperidine rings is 1. The molecule has 6 nitrogen and oxygen atoms in total. The Morgan fingerprint density at radius 2 is 1.92 bits per heavy atom. The van der Waals surface area contributed by atoms with E-state index in [-0.39, 0.29) is 12.0 Å². The van der Waals surface area contributed by atoms with Crippen LogP contribution < -0.4 is 9.47 Å². The molecule has 0 aliphatic carbocycles. The van der Waals surface area contributed by atoms with Crippen LogP contribution in [0, 0.1) is 0 Å². The lowest BCUT2D eigenvalue weighted by Gasteiger charge is -2.32. The van der Waals surface area contributed by atoms with E-state index in [1.54, 1.807) is 19.5 Å². The number of benzene rings is 1. The molecule has 26 heavy (non-hydrogen) atoms. The molecule has 6 heteroatoms. The minimum Gasteiger partial charge on any atom is -0.497 e. The van der Waals surface area contributed by atoms with Gasteiger partial charge in [0.05, 0.1) is 20.1 Å². The highest BCUT2D eigenvalue weighted by Gasteiger charge is 2.25. The highest BCUT2D eigenvalue weighted by Crippen LogP contribution is 2.18. The van der Waals surface area contributed by atoms with Crippen molar-refractivity contribution in [1.82, 2.24) is 14.9 Å². The van der Waals surface area contributed by atoms with Gasteiger partial charge in [-0.2, -0.15) is 0 Å². The van der Waals surface area contributed by atoms with E-state index in [4.69, 9.17) is 9.47 Å². The smallest absolute Gasteiger partial charge is 0.316 e. The number of likely N-dealkylation sites (tertiary alicyclic amines) is 1. The summed E-state index contributed by atoms with van der Waals surface area (Å²) in [6.45, 7) is 3.41. The summed E-state index contributed by atoms with van der Waals surface area (Å²) in [7, 11) is 1.63. The zero-order valence-electron chi connectivity index (χ0n) is 15.4. The van der Waals surface area contributed by atoms with Crippen LogP contribution in [-0.2, 0) is 17.6 Å². The Morgan fingerprint density at radius 1 is 1.19 bits per heavy atom. The lowest BCUT2D eigenvalue weighted by atomic mass is 10.1. The quantitative estimate of drug-likeness (QED) is 0.797. The van der Waals surface area contributed by atoms with Gasteiger partial charge < -0.3 is 14.4 Å². The average molecular weight is 355 g/mol. The Kier molecular flexibility index (Phi) is 6.04. The van der Waals surface area contributed by atoms with Gasteiger partial charge in [0.15, 0.2) is 0 Å². The predicted molar refractivity (Wildman–Crippen MR) is 98.3 cm³/mol. The number of methoxy groups -OCH3 is 1. The van der Waals surface area contributed by atoms with Gasteiger partial charge in [0.25, 0.3) is 0 Å². The van der Waals surface area contributed by atoms with Crippen LogP contribution in [0.5, 0.6) is 11.8 Å². The van der Waals surface area contributed by atoms with Crippen molar-refractivity contribution in [2.45, 2.75) is 38.7 Å². The van der Waals surface area contributed by atoms with Crippen molar-refractivity contribution >= 4 is 5.91 Å². The van der Waals surface area contributed by atoms with E-state index >= 15 is 0 Å². The van der Waals surface area contributed by atoms with Gasteiger partial charge in [0, 0.05) is 18.9 Å². The lowest BCUT2D eigenvalue weighted by Crippen LogP contribution is -2.45. The van der Waals surface area contributed by atoms with Crippen LogP contribution in [0.4, 0.5) is 0 Å². The van der Waals surface area contributed by atoms with Gasteiger partial charge in [-0.3, -0.25) is 4.79 Å². The summed E-state index contributed by atoms with van der Waals surface area (Å²) in [4.78, 5) is 23.0. The molecule has 2 heterocycles. The first-order valence-corrected chi connectivity index (χ1v) is 9.06. The first-order valence-electron chi connectivity index (χ1n) is 9.06. The van der Waals surface area contributed by atoms with Crippen molar-refractivity contribution in [3.63, 3.8) is 0 Å². The molecule has 1 aliphatic heterocycles. The van der Waals surface area contributed by atoms with Crippen molar-refractivity contribution in [3.8, 4) is 11.8 Å². The van der Waals surface area contributed by atoms with Gasteiger partial charge in [-0.05, 0) is 42.5 Å². The van der Waals surface area contributed by atoms with Gasteiger partial charge >= 0.3 is 6.01 Å². The number of hydrogen-bond acceptors (Lipinski definition) is 5. The fraction of sp³-hybridized carbons (Fsp3) is 0.450. The summed E-state index contributed by atoms with van der Waals surface area (Å²) >= 11 is 0. The third kappa shape index (κ3) is 4.71. The highest BCUT2D eigenvalue weighted by atomic mass is 16.5. The Balaban J connectivity index is 1.55. The van der Waals surface area contributed by atoms with E-state index in [9.17, 15) is 4.79 Å². The molecular weight excluding hydrogens is 330 g/mol. The number of aryl methyl sites for hydroxylation is 1. The van der Waals surface area contributed by atoms with E-state index in [1.807, 2.05) is 29.2 Å². The van der Waals surface area contributed by atoms with Gasteiger partial charge in [-0.25, -0.2) is 9.97 Å². The number of nitrogens with zero attached hydrogens (tertiary/aromatic N) is 3. The minimum absolute atomic E-state index is 0.0592. The number of ether oxygens (including phenoxy) is 2. The van der Waals surface area contributed by atoms with E-state index in [2.05, 4.69) is 16.9 Å². The maximum Gasteiger partial charge on any atom is 0.316 e. The number of carbonyl (C=O) groups excluding carboxylic acids is 1. The molecule has 1 aliphatic rings. The van der Waals surface area contributed by atoms with Crippen molar-refractivity contribution < 1.29 is 14.3 Å². The summed E-state index contributed by atoms with van der Waals surface area (Å²) in [5, 5.41) is 0. The van der Waals surface area contributed by atoms with Gasteiger partial charge in [0.1, 0.15) is 11.9 Å². The standard InChI is InChI=1S/C20H25N3O3/c1-3-15-12-21-20(22-13-15)26-18-5-4-10-23(14-18)19(24)11-16-6-8-17(25-2)9-7-16/h6-9,12-13,18H,3-5,10-11,14H2,1-2H3. The fourth-order valence-electron chi connectivity index (χ4n) is 3.03. The van der Waals surface area contributed by atoms with E-state index in [0.717, 1.165) is 42.7 Å². The van der Waals surface area contributed by atoms with Crippen molar-refractivity contribution in [2.75, 3.05) is 20.2 Å². The normalized spacial score (nSPS) is 17.0. The summed E-state index contributed by atoms with van der Waals surface area (Å²) in [5.41, 5.74) is 2.06. The first kappa shape index (κ1) is 18.2.